The molecule has 1 amide bonds. The quantitative estimate of drug-likeness (QED) is 0.877. The van der Waals surface area contributed by atoms with Crippen molar-refractivity contribution < 1.29 is 14.7 Å². The Morgan fingerprint density at radius 1 is 1.53 bits per heavy atom. The van der Waals surface area contributed by atoms with Gasteiger partial charge in [-0.25, -0.2) is 0 Å². The van der Waals surface area contributed by atoms with Crippen LogP contribution in [0.2, 0.25) is 0 Å². The maximum Gasteiger partial charge on any atom is 0.308 e. The Morgan fingerprint density at radius 2 is 2.29 bits per heavy atom. The first-order valence-electron chi connectivity index (χ1n) is 5.65. The number of amides is 1. The van der Waals surface area contributed by atoms with E-state index in [1.165, 1.54) is 11.3 Å². The number of hydrogen-bond donors (Lipinski definition) is 1. The summed E-state index contributed by atoms with van der Waals surface area (Å²) in [6.07, 6.45) is 1.44. The minimum Gasteiger partial charge on any atom is -0.481 e. The Kier molecular flexibility index (Phi) is 3.47. The van der Waals surface area contributed by atoms with Gasteiger partial charge in [0.05, 0.1) is 10.8 Å². The van der Waals surface area contributed by atoms with E-state index < -0.39 is 11.9 Å². The fraction of sp³-hybridized carbons (Fsp3) is 0.500. The van der Waals surface area contributed by atoms with Crippen molar-refractivity contribution in [2.45, 2.75) is 19.8 Å². The van der Waals surface area contributed by atoms with Gasteiger partial charge in [0.25, 0.3) is 5.91 Å². The first-order valence-corrected chi connectivity index (χ1v) is 6.53. The highest BCUT2D eigenvalue weighted by Crippen LogP contribution is 2.21. The molecule has 1 unspecified atom stereocenters. The van der Waals surface area contributed by atoms with Gasteiger partial charge in [0.1, 0.15) is 0 Å². The zero-order valence-corrected chi connectivity index (χ0v) is 10.5. The lowest BCUT2D eigenvalue weighted by atomic mass is 9.98. The van der Waals surface area contributed by atoms with Crippen LogP contribution >= 0.6 is 11.3 Å². The van der Waals surface area contributed by atoms with Gasteiger partial charge in [-0.3, -0.25) is 9.59 Å². The molecule has 4 nitrogen and oxygen atoms in total. The average Bonchev–Trinajstić information content (AvgIpc) is 2.75. The number of carbonyl (C=O) groups excluding carboxylic acids is 1. The minimum absolute atomic E-state index is 0.0333. The summed E-state index contributed by atoms with van der Waals surface area (Å²) in [5, 5.41) is 10.9. The molecule has 2 rings (SSSR count). The number of carbonyl (C=O) groups is 2. The Labute approximate surface area is 104 Å². The fourth-order valence-electron chi connectivity index (χ4n) is 2.06. The molecule has 0 spiro atoms. The Bertz CT molecular complexity index is 441. The summed E-state index contributed by atoms with van der Waals surface area (Å²) < 4.78 is 0. The minimum atomic E-state index is -0.801. The lowest BCUT2D eigenvalue weighted by Gasteiger charge is -2.30. The lowest BCUT2D eigenvalue weighted by molar-refractivity contribution is -0.143. The number of rotatable bonds is 2. The molecule has 1 aliphatic heterocycles. The van der Waals surface area contributed by atoms with Gasteiger partial charge in [-0.2, -0.15) is 0 Å². The third-order valence-corrected chi connectivity index (χ3v) is 4.04. The summed E-state index contributed by atoms with van der Waals surface area (Å²) >= 11 is 1.42. The van der Waals surface area contributed by atoms with E-state index in [-0.39, 0.29) is 5.91 Å². The number of likely N-dealkylation sites (tertiary alicyclic amines) is 1. The van der Waals surface area contributed by atoms with Gasteiger partial charge in [-0.05, 0) is 36.8 Å². The molecule has 0 aliphatic carbocycles. The third-order valence-electron chi connectivity index (χ3n) is 3.00. The smallest absolute Gasteiger partial charge is 0.308 e. The van der Waals surface area contributed by atoms with E-state index >= 15 is 0 Å². The van der Waals surface area contributed by atoms with Gasteiger partial charge in [-0.15, -0.1) is 11.3 Å². The Morgan fingerprint density at radius 3 is 2.88 bits per heavy atom. The first-order chi connectivity index (χ1) is 8.08. The Hall–Kier alpha value is -1.36. The van der Waals surface area contributed by atoms with Crippen LogP contribution in [0.4, 0.5) is 0 Å². The first kappa shape index (κ1) is 12.1. The third kappa shape index (κ3) is 2.66. The second-order valence-corrected chi connectivity index (χ2v) is 5.33. The molecular weight excluding hydrogens is 238 g/mol. The number of carboxylic acids is 1. The predicted octanol–water partition coefficient (Wildman–Crippen LogP) is 1.99. The number of piperidine rings is 1. The summed E-state index contributed by atoms with van der Waals surface area (Å²) in [5.74, 6) is -1.24. The molecule has 5 heteroatoms. The summed E-state index contributed by atoms with van der Waals surface area (Å²) in [4.78, 5) is 25.4. The predicted molar refractivity (Wildman–Crippen MR) is 65.3 cm³/mol. The largest absolute Gasteiger partial charge is 0.481 e. The van der Waals surface area contributed by atoms with Crippen molar-refractivity contribution in [2.75, 3.05) is 13.1 Å². The van der Waals surface area contributed by atoms with Gasteiger partial charge in [0.2, 0.25) is 0 Å². The van der Waals surface area contributed by atoms with Crippen molar-refractivity contribution in [1.82, 2.24) is 4.90 Å². The molecule has 92 valence electrons. The van der Waals surface area contributed by atoms with E-state index in [0.717, 1.165) is 12.0 Å². The molecule has 1 saturated heterocycles. The highest BCUT2D eigenvalue weighted by Gasteiger charge is 2.28. The average molecular weight is 253 g/mol. The second-order valence-electron chi connectivity index (χ2n) is 4.42. The summed E-state index contributed by atoms with van der Waals surface area (Å²) in [5.41, 5.74) is 1.07. The van der Waals surface area contributed by atoms with E-state index in [4.69, 9.17) is 5.11 Å². The molecule has 0 saturated carbocycles. The van der Waals surface area contributed by atoms with Crippen molar-refractivity contribution in [3.05, 3.63) is 21.9 Å². The normalized spacial score (nSPS) is 20.3. The highest BCUT2D eigenvalue weighted by atomic mass is 32.1. The zero-order chi connectivity index (χ0) is 12.4. The van der Waals surface area contributed by atoms with Crippen molar-refractivity contribution in [2.24, 2.45) is 5.92 Å². The van der Waals surface area contributed by atoms with Gasteiger partial charge in [0, 0.05) is 13.1 Å². The molecule has 1 aliphatic rings. The summed E-state index contributed by atoms with van der Waals surface area (Å²) in [7, 11) is 0. The number of aliphatic carboxylic acids is 1. The van der Waals surface area contributed by atoms with Crippen LogP contribution in [0.5, 0.6) is 0 Å². The molecule has 1 N–H and O–H groups in total. The number of hydrogen-bond acceptors (Lipinski definition) is 3. The SMILES string of the molecule is Cc1csc(C(=O)N2CCCC(C(=O)O)C2)c1. The molecule has 1 aromatic heterocycles. The summed E-state index contributed by atoms with van der Waals surface area (Å²) in [6.45, 7) is 2.95. The molecule has 0 radical (unpaired) electrons. The van der Waals surface area contributed by atoms with Crippen LogP contribution in [0.25, 0.3) is 0 Å². The van der Waals surface area contributed by atoms with Crippen molar-refractivity contribution >= 4 is 23.2 Å². The van der Waals surface area contributed by atoms with Gasteiger partial charge in [0.15, 0.2) is 0 Å². The lowest BCUT2D eigenvalue weighted by Crippen LogP contribution is -2.42. The molecular formula is C12H15NO3S. The Balaban J connectivity index is 2.07. The molecule has 1 fully saturated rings. The van der Waals surface area contributed by atoms with Crippen LogP contribution in [0.15, 0.2) is 11.4 Å². The molecule has 1 atom stereocenters. The topological polar surface area (TPSA) is 57.6 Å². The van der Waals surface area contributed by atoms with Crippen LogP contribution < -0.4 is 0 Å². The number of thiophene rings is 1. The number of nitrogens with zero attached hydrogens (tertiary/aromatic N) is 1. The van der Waals surface area contributed by atoms with Crippen LogP contribution in [0, 0.1) is 12.8 Å². The molecule has 0 bridgehead atoms. The fourth-order valence-corrected chi connectivity index (χ4v) is 2.93. The number of carboxylic acid groups (broad SMARTS) is 1. The maximum atomic E-state index is 12.1. The van der Waals surface area contributed by atoms with E-state index in [0.29, 0.717) is 24.4 Å². The highest BCUT2D eigenvalue weighted by molar-refractivity contribution is 7.12. The molecule has 0 aromatic carbocycles. The second kappa shape index (κ2) is 4.87. The standard InChI is InChI=1S/C12H15NO3S/c1-8-5-10(17-7-8)11(14)13-4-2-3-9(6-13)12(15)16/h5,7,9H,2-4,6H2,1H3,(H,15,16). The van der Waals surface area contributed by atoms with Gasteiger partial charge >= 0.3 is 5.97 Å². The molecule has 17 heavy (non-hydrogen) atoms. The monoisotopic (exact) mass is 253 g/mol. The van der Waals surface area contributed by atoms with E-state index in [2.05, 4.69) is 0 Å². The van der Waals surface area contributed by atoms with E-state index in [1.54, 1.807) is 4.90 Å². The van der Waals surface area contributed by atoms with Crippen LogP contribution in [-0.2, 0) is 4.79 Å². The van der Waals surface area contributed by atoms with Gasteiger partial charge in [-0.1, -0.05) is 0 Å². The number of aryl methyl sites for hydroxylation is 1. The van der Waals surface area contributed by atoms with E-state index in [9.17, 15) is 9.59 Å². The molecule has 2 heterocycles. The maximum absolute atomic E-state index is 12.1. The summed E-state index contributed by atoms with van der Waals surface area (Å²) in [6, 6.07) is 1.86. The zero-order valence-electron chi connectivity index (χ0n) is 9.68. The van der Waals surface area contributed by atoms with E-state index in [1.807, 2.05) is 18.4 Å². The van der Waals surface area contributed by atoms with Crippen LogP contribution in [0.3, 0.4) is 0 Å². The van der Waals surface area contributed by atoms with Crippen molar-refractivity contribution in [3.63, 3.8) is 0 Å². The van der Waals surface area contributed by atoms with Crippen LogP contribution in [0.1, 0.15) is 28.1 Å². The molecule has 1 aromatic rings. The van der Waals surface area contributed by atoms with Gasteiger partial charge < -0.3 is 10.0 Å². The van der Waals surface area contributed by atoms with Crippen molar-refractivity contribution in [3.8, 4) is 0 Å². The van der Waals surface area contributed by atoms with Crippen LogP contribution in [-0.4, -0.2) is 35.0 Å². The van der Waals surface area contributed by atoms with Crippen molar-refractivity contribution in [1.29, 1.82) is 0 Å².